The van der Waals surface area contributed by atoms with Crippen LogP contribution in [0.1, 0.15) is 65.5 Å². The van der Waals surface area contributed by atoms with Crippen molar-refractivity contribution in [2.24, 2.45) is 0 Å². The van der Waals surface area contributed by atoms with Gasteiger partial charge in [0.1, 0.15) is 5.82 Å². The van der Waals surface area contributed by atoms with Crippen LogP contribution < -0.4 is 11.1 Å². The van der Waals surface area contributed by atoms with Crippen LogP contribution in [0.5, 0.6) is 0 Å². The Morgan fingerprint density at radius 2 is 2.14 bits per heavy atom. The summed E-state index contributed by atoms with van der Waals surface area (Å²) in [5, 5.41) is 7.61. The molecule has 22 heavy (non-hydrogen) atoms. The minimum atomic E-state index is -0.333. The summed E-state index contributed by atoms with van der Waals surface area (Å²) in [6, 6.07) is 2.11. The molecule has 0 saturated heterocycles. The summed E-state index contributed by atoms with van der Waals surface area (Å²) in [4.78, 5) is 11.7. The van der Waals surface area contributed by atoms with E-state index in [1.54, 1.807) is 0 Å². The zero-order chi connectivity index (χ0) is 16.5. The van der Waals surface area contributed by atoms with Gasteiger partial charge in [-0.05, 0) is 53.9 Å². The summed E-state index contributed by atoms with van der Waals surface area (Å²) in [5.74, 6) is 1.04. The van der Waals surface area contributed by atoms with E-state index >= 15 is 0 Å². The highest BCUT2D eigenvalue weighted by Gasteiger charge is 2.30. The number of carbonyl (C=O) groups excluding carboxylic acids is 1. The molecule has 0 aromatic carbocycles. The maximum Gasteiger partial charge on any atom is 0.407 e. The van der Waals surface area contributed by atoms with Crippen molar-refractivity contribution >= 4 is 11.9 Å². The average Bonchev–Trinajstić information content (AvgIpc) is 2.93. The lowest BCUT2D eigenvalue weighted by atomic mass is 10.0. The Labute approximate surface area is 132 Å². The molecule has 2 atom stereocenters. The van der Waals surface area contributed by atoms with E-state index in [4.69, 9.17) is 10.5 Å². The number of rotatable bonds is 3. The van der Waals surface area contributed by atoms with E-state index in [-0.39, 0.29) is 23.8 Å². The number of carbonyl (C=O) groups is 1. The molecule has 0 spiro atoms. The van der Waals surface area contributed by atoms with Crippen molar-refractivity contribution in [1.82, 2.24) is 15.1 Å². The van der Waals surface area contributed by atoms with Crippen LogP contribution in [0, 0.1) is 0 Å². The Hall–Kier alpha value is -1.72. The zero-order valence-corrected chi connectivity index (χ0v) is 14.2. The summed E-state index contributed by atoms with van der Waals surface area (Å²) < 4.78 is 7.00. The number of anilines is 1. The molecule has 3 N–H and O–H groups in total. The number of nitrogens with zero attached hydrogens (tertiary/aromatic N) is 2. The molecule has 1 heterocycles. The van der Waals surface area contributed by atoms with Gasteiger partial charge in [0.15, 0.2) is 0 Å². The van der Waals surface area contributed by atoms with Gasteiger partial charge in [0.05, 0.1) is 17.3 Å². The molecule has 6 nitrogen and oxygen atoms in total. The van der Waals surface area contributed by atoms with Crippen LogP contribution in [-0.2, 0) is 10.3 Å². The zero-order valence-electron chi connectivity index (χ0n) is 14.2. The first-order chi connectivity index (χ1) is 10.2. The molecule has 1 aromatic rings. The maximum absolute atomic E-state index is 11.7. The van der Waals surface area contributed by atoms with Gasteiger partial charge >= 0.3 is 6.09 Å². The lowest BCUT2D eigenvalue weighted by molar-refractivity contribution is 0.112. The number of ether oxygens (including phenoxy) is 1. The van der Waals surface area contributed by atoms with Gasteiger partial charge in [-0.25, -0.2) is 9.48 Å². The summed E-state index contributed by atoms with van der Waals surface area (Å²) >= 11 is 0. The molecule has 1 aromatic heterocycles. The van der Waals surface area contributed by atoms with Gasteiger partial charge in [-0.15, -0.1) is 0 Å². The summed E-state index contributed by atoms with van der Waals surface area (Å²) in [6.07, 6.45) is 2.40. The van der Waals surface area contributed by atoms with Crippen LogP contribution in [0.15, 0.2) is 6.07 Å². The van der Waals surface area contributed by atoms with Gasteiger partial charge in [-0.1, -0.05) is 0 Å². The minimum absolute atomic E-state index is 0.0977. The number of alkyl carbamates (subject to hydrolysis) is 1. The van der Waals surface area contributed by atoms with Crippen molar-refractivity contribution in [2.75, 3.05) is 5.73 Å². The highest BCUT2D eigenvalue weighted by Crippen LogP contribution is 2.35. The fourth-order valence-corrected chi connectivity index (χ4v) is 2.95. The van der Waals surface area contributed by atoms with Gasteiger partial charge in [-0.2, -0.15) is 5.10 Å². The number of hydrogen-bond donors (Lipinski definition) is 2. The lowest BCUT2D eigenvalue weighted by Gasteiger charge is -2.20. The Kier molecular flexibility index (Phi) is 4.68. The first-order valence-corrected chi connectivity index (χ1v) is 8.00. The van der Waals surface area contributed by atoms with E-state index < -0.39 is 0 Å². The number of nitrogen functional groups attached to an aromatic ring is 1. The Morgan fingerprint density at radius 1 is 1.45 bits per heavy atom. The molecule has 0 unspecified atom stereocenters. The molecular weight excluding hydrogens is 280 g/mol. The molecule has 0 aliphatic heterocycles. The molecule has 1 aliphatic rings. The molecule has 1 amide bonds. The summed E-state index contributed by atoms with van der Waals surface area (Å²) in [6.45, 7) is 9.95. The van der Waals surface area contributed by atoms with Gasteiger partial charge in [0, 0.05) is 18.0 Å². The van der Waals surface area contributed by atoms with E-state index in [1.807, 2.05) is 24.6 Å². The fraction of sp³-hybridized carbons (Fsp3) is 0.750. The molecule has 124 valence electrons. The largest absolute Gasteiger partial charge is 0.447 e. The smallest absolute Gasteiger partial charge is 0.407 e. The molecule has 1 saturated carbocycles. The van der Waals surface area contributed by atoms with E-state index in [1.165, 1.54) is 0 Å². The van der Waals surface area contributed by atoms with Crippen LogP contribution in [-0.4, -0.2) is 28.0 Å². The molecular formula is C16H28N4O2. The number of aromatic nitrogens is 2. The fourth-order valence-electron chi connectivity index (χ4n) is 2.95. The standard InChI is InChI=1S/C16H28N4O2/c1-10(2)22-15(21)18-12-7-6-11(8-12)13-9-14(17)20(19-13)16(3,4)5/h9-12H,6-8,17H2,1-5H3,(H,18,21)/t11-,12+/m0/s1. The van der Waals surface area contributed by atoms with Gasteiger partial charge in [0.25, 0.3) is 0 Å². The summed E-state index contributed by atoms with van der Waals surface area (Å²) in [7, 11) is 0. The van der Waals surface area contributed by atoms with Gasteiger partial charge in [-0.3, -0.25) is 0 Å². The van der Waals surface area contributed by atoms with Crippen molar-refractivity contribution in [3.8, 4) is 0 Å². The van der Waals surface area contributed by atoms with Crippen LogP contribution in [0.4, 0.5) is 10.6 Å². The van der Waals surface area contributed by atoms with E-state index in [0.717, 1.165) is 25.0 Å². The van der Waals surface area contributed by atoms with Crippen molar-refractivity contribution in [3.63, 3.8) is 0 Å². The number of nitrogens with one attached hydrogen (secondary N) is 1. The topological polar surface area (TPSA) is 82.2 Å². The predicted molar refractivity (Wildman–Crippen MR) is 86.8 cm³/mol. The summed E-state index contributed by atoms with van der Waals surface area (Å²) in [5.41, 5.74) is 6.97. The van der Waals surface area contributed by atoms with E-state index in [0.29, 0.717) is 11.7 Å². The molecule has 6 heteroatoms. The molecule has 1 fully saturated rings. The monoisotopic (exact) mass is 308 g/mol. The Bertz CT molecular complexity index is 531. The predicted octanol–water partition coefficient (Wildman–Crippen LogP) is 2.99. The van der Waals surface area contributed by atoms with Gasteiger partial charge < -0.3 is 15.8 Å². The maximum atomic E-state index is 11.7. The lowest BCUT2D eigenvalue weighted by Crippen LogP contribution is -2.34. The average molecular weight is 308 g/mol. The van der Waals surface area contributed by atoms with Crippen LogP contribution in [0.25, 0.3) is 0 Å². The van der Waals surface area contributed by atoms with Gasteiger partial charge in [0.2, 0.25) is 0 Å². The highest BCUT2D eigenvalue weighted by atomic mass is 16.6. The normalized spacial score (nSPS) is 22.1. The quantitative estimate of drug-likeness (QED) is 0.899. The Morgan fingerprint density at radius 3 is 2.68 bits per heavy atom. The number of nitrogens with two attached hydrogens (primary N) is 1. The molecule has 0 radical (unpaired) electrons. The third-order valence-corrected chi connectivity index (χ3v) is 3.91. The van der Waals surface area contributed by atoms with Crippen molar-refractivity contribution < 1.29 is 9.53 Å². The third kappa shape index (κ3) is 3.93. The molecule has 1 aliphatic carbocycles. The van der Waals surface area contributed by atoms with Crippen LogP contribution >= 0.6 is 0 Å². The van der Waals surface area contributed by atoms with Crippen molar-refractivity contribution in [2.45, 2.75) is 77.5 Å². The van der Waals surface area contributed by atoms with E-state index in [2.05, 4.69) is 31.2 Å². The second-order valence-electron chi connectivity index (χ2n) is 7.38. The minimum Gasteiger partial charge on any atom is -0.447 e. The van der Waals surface area contributed by atoms with E-state index in [9.17, 15) is 4.79 Å². The number of hydrogen-bond acceptors (Lipinski definition) is 4. The second-order valence-corrected chi connectivity index (χ2v) is 7.38. The first kappa shape index (κ1) is 16.6. The van der Waals surface area contributed by atoms with Crippen molar-refractivity contribution in [1.29, 1.82) is 0 Å². The second kappa shape index (κ2) is 6.18. The van der Waals surface area contributed by atoms with Crippen LogP contribution in [0.2, 0.25) is 0 Å². The molecule has 2 rings (SSSR count). The first-order valence-electron chi connectivity index (χ1n) is 8.00. The SMILES string of the molecule is CC(C)OC(=O)N[C@@H]1CC[C@H](c2cc(N)n(C(C)(C)C)n2)C1. The number of amides is 1. The Balaban J connectivity index is 1.97. The highest BCUT2D eigenvalue weighted by molar-refractivity contribution is 5.67. The molecule has 0 bridgehead atoms. The van der Waals surface area contributed by atoms with Crippen molar-refractivity contribution in [3.05, 3.63) is 11.8 Å². The third-order valence-electron chi connectivity index (χ3n) is 3.91. The van der Waals surface area contributed by atoms with Crippen LogP contribution in [0.3, 0.4) is 0 Å².